The first-order valence-corrected chi connectivity index (χ1v) is 33.7. The molecule has 3 N–H and O–H groups in total. The highest BCUT2D eigenvalue weighted by Crippen LogP contribution is 2.43. The molecule has 9 heteroatoms. The molecule has 440 valence electrons. The van der Waals surface area contributed by atoms with Gasteiger partial charge in [0.2, 0.25) is 5.91 Å². The third-order valence-electron chi connectivity index (χ3n) is 14.4. The molecule has 0 aliphatic carbocycles. The molecule has 0 heterocycles. The van der Waals surface area contributed by atoms with Crippen LogP contribution in [0.15, 0.2) is 60.8 Å². The fourth-order valence-electron chi connectivity index (χ4n) is 9.40. The monoisotopic (exact) mass is 1070 g/mol. The van der Waals surface area contributed by atoms with Gasteiger partial charge in [-0.15, -0.1) is 0 Å². The van der Waals surface area contributed by atoms with E-state index in [4.69, 9.17) is 9.05 Å². The molecule has 8 nitrogen and oxygen atoms in total. The highest BCUT2D eigenvalue weighted by atomic mass is 31.2. The number of amides is 1. The van der Waals surface area contributed by atoms with Gasteiger partial charge in [-0.05, 0) is 77.0 Å². The lowest BCUT2D eigenvalue weighted by Gasteiger charge is -2.25. The molecule has 0 fully saturated rings. The van der Waals surface area contributed by atoms with Crippen LogP contribution in [0.4, 0.5) is 0 Å². The Labute approximate surface area is 466 Å². The molecular weight excluding hydrogens is 948 g/mol. The van der Waals surface area contributed by atoms with Crippen LogP contribution in [0.1, 0.15) is 303 Å². The van der Waals surface area contributed by atoms with Crippen molar-refractivity contribution in [2.75, 3.05) is 40.9 Å². The lowest BCUT2D eigenvalue weighted by atomic mass is 10.0. The zero-order chi connectivity index (χ0) is 54.9. The van der Waals surface area contributed by atoms with Crippen LogP contribution in [-0.2, 0) is 18.4 Å². The number of allylic oxidation sites excluding steroid dienone is 9. The Balaban J connectivity index is 4.06. The number of hydrogen-bond donors (Lipinski definition) is 3. The number of aliphatic hydroxyl groups excluding tert-OH is 1. The van der Waals surface area contributed by atoms with Gasteiger partial charge in [-0.2, -0.15) is 0 Å². The summed E-state index contributed by atoms with van der Waals surface area (Å²) in [4.78, 5) is 23.3. The summed E-state index contributed by atoms with van der Waals surface area (Å²) in [5, 5.41) is 13.9. The van der Waals surface area contributed by atoms with Gasteiger partial charge in [0.25, 0.3) is 0 Å². The van der Waals surface area contributed by atoms with Crippen molar-refractivity contribution in [3.63, 3.8) is 0 Å². The van der Waals surface area contributed by atoms with Crippen molar-refractivity contribution in [1.82, 2.24) is 5.32 Å². The van der Waals surface area contributed by atoms with Crippen LogP contribution in [0, 0.1) is 0 Å². The zero-order valence-corrected chi connectivity index (χ0v) is 51.2. The minimum absolute atomic E-state index is 0.0529. The second-order valence-corrected chi connectivity index (χ2v) is 24.6. The molecule has 0 aromatic heterocycles. The van der Waals surface area contributed by atoms with Gasteiger partial charge >= 0.3 is 7.82 Å². The van der Waals surface area contributed by atoms with Gasteiger partial charge in [0, 0.05) is 6.42 Å². The lowest BCUT2D eigenvalue weighted by molar-refractivity contribution is -0.870. The number of aliphatic hydroxyl groups is 1. The number of unbranched alkanes of at least 4 members (excludes halogenated alkanes) is 38. The SMILES string of the molecule is CCCCCCCCCC/C=C/CC/C=C/CC/C=C/C(O)C(COP(=O)(O)OCC[N+](C)(C)C)NC(=O)CCCCCCCCCCCCCCCCCCC/C=C\C/C=C\CCCCCCCCCCCCC. The number of nitrogens with one attached hydrogen (secondary N) is 1. The van der Waals surface area contributed by atoms with E-state index in [2.05, 4.69) is 67.8 Å². The molecule has 0 saturated carbocycles. The summed E-state index contributed by atoms with van der Waals surface area (Å²) >= 11 is 0. The average Bonchev–Trinajstić information content (AvgIpc) is 3.37. The van der Waals surface area contributed by atoms with E-state index in [1.807, 2.05) is 27.2 Å². The Hall–Kier alpha value is -1.80. The number of carbonyl (C=O) groups excluding carboxylic acids is 1. The van der Waals surface area contributed by atoms with E-state index in [0.717, 1.165) is 51.4 Å². The van der Waals surface area contributed by atoms with Crippen molar-refractivity contribution in [2.45, 2.75) is 315 Å². The van der Waals surface area contributed by atoms with Gasteiger partial charge in [-0.3, -0.25) is 13.8 Å². The van der Waals surface area contributed by atoms with Crippen LogP contribution < -0.4 is 5.32 Å². The van der Waals surface area contributed by atoms with Crippen LogP contribution >= 0.6 is 7.82 Å². The molecule has 0 spiro atoms. The number of quaternary nitrogens is 1. The van der Waals surface area contributed by atoms with Crippen molar-refractivity contribution in [3.05, 3.63) is 60.8 Å². The number of phosphoric acid groups is 1. The molecule has 0 rings (SSSR count). The average molecular weight is 1070 g/mol. The maximum absolute atomic E-state index is 13.0. The molecular formula is C66H126N2O6P+. The van der Waals surface area contributed by atoms with Crippen molar-refractivity contribution in [2.24, 2.45) is 0 Å². The Morgan fingerprint density at radius 2 is 0.773 bits per heavy atom. The summed E-state index contributed by atoms with van der Waals surface area (Å²) in [7, 11) is 1.55. The molecule has 1 amide bonds. The van der Waals surface area contributed by atoms with Crippen molar-refractivity contribution in [3.8, 4) is 0 Å². The second-order valence-electron chi connectivity index (χ2n) is 23.1. The second kappa shape index (κ2) is 56.9. The molecule has 3 unspecified atom stereocenters. The maximum atomic E-state index is 13.0. The van der Waals surface area contributed by atoms with E-state index < -0.39 is 20.0 Å². The number of hydrogen-bond acceptors (Lipinski definition) is 5. The minimum Gasteiger partial charge on any atom is -0.387 e. The molecule has 3 atom stereocenters. The van der Waals surface area contributed by atoms with Crippen molar-refractivity contribution < 1.29 is 32.9 Å². The molecule has 0 saturated heterocycles. The highest BCUT2D eigenvalue weighted by Gasteiger charge is 2.27. The minimum atomic E-state index is -4.36. The normalized spacial score (nSPS) is 14.2. The van der Waals surface area contributed by atoms with Crippen molar-refractivity contribution in [1.29, 1.82) is 0 Å². The quantitative estimate of drug-likeness (QED) is 0.0243. The predicted molar refractivity (Wildman–Crippen MR) is 327 cm³/mol. The molecule has 0 aromatic rings. The lowest BCUT2D eigenvalue weighted by Crippen LogP contribution is -2.45. The molecule has 0 radical (unpaired) electrons. The first-order valence-electron chi connectivity index (χ1n) is 32.2. The topological polar surface area (TPSA) is 105 Å². The Kier molecular flexibility index (Phi) is 55.5. The number of likely N-dealkylation sites (N-methyl/N-ethyl adjacent to an activating group) is 1. The zero-order valence-electron chi connectivity index (χ0n) is 50.3. The van der Waals surface area contributed by atoms with Gasteiger partial charge in [-0.1, -0.05) is 280 Å². The first-order chi connectivity index (χ1) is 36.5. The highest BCUT2D eigenvalue weighted by molar-refractivity contribution is 7.47. The van der Waals surface area contributed by atoms with E-state index in [0.29, 0.717) is 17.4 Å². The summed E-state index contributed by atoms with van der Waals surface area (Å²) in [6.45, 7) is 4.81. The van der Waals surface area contributed by atoms with Crippen LogP contribution in [0.25, 0.3) is 0 Å². The third kappa shape index (κ3) is 59.7. The maximum Gasteiger partial charge on any atom is 0.472 e. The number of phosphoric ester groups is 1. The number of carbonyl (C=O) groups is 1. The predicted octanol–water partition coefficient (Wildman–Crippen LogP) is 20.0. The molecule has 0 aromatic carbocycles. The summed E-state index contributed by atoms with van der Waals surface area (Å²) < 4.78 is 23.7. The summed E-state index contributed by atoms with van der Waals surface area (Å²) in [6.07, 6.45) is 77.9. The molecule has 75 heavy (non-hydrogen) atoms. The van der Waals surface area contributed by atoms with E-state index in [1.165, 1.54) is 231 Å². The van der Waals surface area contributed by atoms with Crippen LogP contribution in [0.2, 0.25) is 0 Å². The Bertz CT molecular complexity index is 1400. The van der Waals surface area contributed by atoms with E-state index in [-0.39, 0.29) is 19.1 Å². The summed E-state index contributed by atoms with van der Waals surface area (Å²) in [6, 6.07) is -0.871. The molecule has 0 aliphatic rings. The van der Waals surface area contributed by atoms with Gasteiger partial charge in [0.05, 0.1) is 39.9 Å². The molecule has 0 bridgehead atoms. The molecule has 0 aliphatic heterocycles. The standard InChI is InChI=1S/C66H125N2O6P/c1-6-8-10-12-14-16-18-20-22-24-26-27-28-29-30-31-32-33-34-35-36-37-38-39-40-41-42-44-46-48-50-52-54-56-58-60-66(70)67-64(63-74-75(71,72)73-62-61-68(3,4)5)65(69)59-57-55-53-51-49-47-45-43-25-23-21-19-17-15-13-11-9-7-2/h25,28-29,31-32,43,49,51,57,59,64-65,69H,6-24,26-27,30,33-42,44-48,50,52-56,58,60-63H2,1-5H3,(H-,67,70,71,72)/p+1/b29-28-,32-31-,43-25+,51-49+,59-57+. The van der Waals surface area contributed by atoms with Gasteiger partial charge in [0.1, 0.15) is 13.2 Å². The van der Waals surface area contributed by atoms with E-state index in [9.17, 15) is 19.4 Å². The Morgan fingerprint density at radius 1 is 0.453 bits per heavy atom. The number of nitrogens with zero attached hydrogens (tertiary/aromatic N) is 1. The van der Waals surface area contributed by atoms with Crippen molar-refractivity contribution >= 4 is 13.7 Å². The smallest absolute Gasteiger partial charge is 0.387 e. The largest absolute Gasteiger partial charge is 0.472 e. The van der Waals surface area contributed by atoms with Crippen LogP contribution in [0.3, 0.4) is 0 Å². The van der Waals surface area contributed by atoms with Gasteiger partial charge in [-0.25, -0.2) is 4.57 Å². The Morgan fingerprint density at radius 3 is 1.15 bits per heavy atom. The third-order valence-corrected chi connectivity index (χ3v) is 15.4. The van der Waals surface area contributed by atoms with Crippen LogP contribution in [0.5, 0.6) is 0 Å². The first kappa shape index (κ1) is 73.2. The van der Waals surface area contributed by atoms with E-state index >= 15 is 0 Å². The van der Waals surface area contributed by atoms with Crippen LogP contribution in [-0.4, -0.2) is 73.4 Å². The van der Waals surface area contributed by atoms with Gasteiger partial charge in [0.15, 0.2) is 0 Å². The summed E-state index contributed by atoms with van der Waals surface area (Å²) in [5.74, 6) is -0.188. The fraction of sp³-hybridized carbons (Fsp3) is 0.833. The summed E-state index contributed by atoms with van der Waals surface area (Å²) in [5.41, 5.74) is 0. The fourth-order valence-corrected chi connectivity index (χ4v) is 10.1. The van der Waals surface area contributed by atoms with E-state index in [1.54, 1.807) is 6.08 Å². The van der Waals surface area contributed by atoms with Gasteiger partial charge < -0.3 is 19.8 Å². The number of rotatable bonds is 59.